The van der Waals surface area contributed by atoms with Crippen LogP contribution in [0, 0.1) is 13.8 Å². The zero-order valence-corrected chi connectivity index (χ0v) is 13.9. The molecule has 0 aliphatic heterocycles. The molecule has 0 amide bonds. The standard InChI is InChI=1S/C15H21N3O2S/c1-9(15-10(2)18-11(3)21-15)17-8-12-14(20-5)13(19-4)6-7-16-12/h6-7,9,17H,8H2,1-5H3. The molecule has 0 radical (unpaired) electrons. The van der Waals surface area contributed by atoms with Crippen molar-refractivity contribution < 1.29 is 9.47 Å². The predicted octanol–water partition coefficient (Wildman–Crippen LogP) is 3.02. The number of rotatable bonds is 6. The van der Waals surface area contributed by atoms with E-state index in [9.17, 15) is 0 Å². The Morgan fingerprint density at radius 2 is 2.05 bits per heavy atom. The second-order valence-electron chi connectivity index (χ2n) is 4.78. The first-order chi connectivity index (χ1) is 10.1. The van der Waals surface area contributed by atoms with E-state index in [2.05, 4.69) is 22.2 Å². The lowest BCUT2D eigenvalue weighted by Gasteiger charge is -2.15. The highest BCUT2D eigenvalue weighted by Gasteiger charge is 2.15. The number of aromatic nitrogens is 2. The number of thiazole rings is 1. The van der Waals surface area contributed by atoms with Crippen molar-refractivity contribution in [3.05, 3.63) is 33.5 Å². The third-order valence-corrected chi connectivity index (χ3v) is 4.53. The van der Waals surface area contributed by atoms with Crippen LogP contribution in [0.5, 0.6) is 11.5 Å². The van der Waals surface area contributed by atoms with Crippen LogP contribution in [0.15, 0.2) is 12.3 Å². The van der Waals surface area contributed by atoms with E-state index >= 15 is 0 Å². The highest BCUT2D eigenvalue weighted by atomic mass is 32.1. The quantitative estimate of drug-likeness (QED) is 0.889. The Bertz CT molecular complexity index is 613. The molecule has 1 unspecified atom stereocenters. The maximum Gasteiger partial charge on any atom is 0.183 e. The van der Waals surface area contributed by atoms with Gasteiger partial charge in [-0.25, -0.2) is 4.98 Å². The molecule has 5 nitrogen and oxygen atoms in total. The first-order valence-electron chi connectivity index (χ1n) is 6.80. The molecule has 0 saturated heterocycles. The smallest absolute Gasteiger partial charge is 0.183 e. The summed E-state index contributed by atoms with van der Waals surface area (Å²) in [5.41, 5.74) is 1.92. The molecule has 0 fully saturated rings. The van der Waals surface area contributed by atoms with E-state index < -0.39 is 0 Å². The molecule has 0 aromatic carbocycles. The van der Waals surface area contributed by atoms with E-state index in [0.29, 0.717) is 18.0 Å². The topological polar surface area (TPSA) is 56.3 Å². The lowest BCUT2D eigenvalue weighted by Crippen LogP contribution is -2.19. The third kappa shape index (κ3) is 3.51. The lowest BCUT2D eigenvalue weighted by molar-refractivity contribution is 0.347. The van der Waals surface area contributed by atoms with Crippen LogP contribution in [0.1, 0.15) is 34.2 Å². The van der Waals surface area contributed by atoms with Gasteiger partial charge in [-0.1, -0.05) is 0 Å². The van der Waals surface area contributed by atoms with Crippen LogP contribution in [0.25, 0.3) is 0 Å². The summed E-state index contributed by atoms with van der Waals surface area (Å²) in [6.07, 6.45) is 1.73. The Labute approximate surface area is 129 Å². The molecule has 0 bridgehead atoms. The van der Waals surface area contributed by atoms with E-state index in [1.807, 2.05) is 13.8 Å². The van der Waals surface area contributed by atoms with Crippen molar-refractivity contribution in [1.29, 1.82) is 0 Å². The van der Waals surface area contributed by atoms with Gasteiger partial charge in [-0.2, -0.15) is 0 Å². The second kappa shape index (κ2) is 6.87. The lowest BCUT2D eigenvalue weighted by atomic mass is 10.2. The molecule has 1 atom stereocenters. The van der Waals surface area contributed by atoms with Gasteiger partial charge in [0.25, 0.3) is 0 Å². The van der Waals surface area contributed by atoms with Gasteiger partial charge >= 0.3 is 0 Å². The molecule has 2 aromatic heterocycles. The minimum atomic E-state index is 0.217. The summed E-state index contributed by atoms with van der Waals surface area (Å²) in [6, 6.07) is 2.01. The number of pyridine rings is 1. The number of ether oxygens (including phenoxy) is 2. The normalized spacial score (nSPS) is 12.2. The fourth-order valence-electron chi connectivity index (χ4n) is 2.27. The predicted molar refractivity (Wildman–Crippen MR) is 84.2 cm³/mol. The summed E-state index contributed by atoms with van der Waals surface area (Å²) in [5, 5.41) is 4.56. The van der Waals surface area contributed by atoms with Gasteiger partial charge in [0, 0.05) is 29.7 Å². The van der Waals surface area contributed by atoms with E-state index in [1.54, 1.807) is 37.8 Å². The molecule has 21 heavy (non-hydrogen) atoms. The number of hydrogen-bond acceptors (Lipinski definition) is 6. The number of hydrogen-bond donors (Lipinski definition) is 1. The van der Waals surface area contributed by atoms with Crippen molar-refractivity contribution >= 4 is 11.3 Å². The Morgan fingerprint density at radius 1 is 1.29 bits per heavy atom. The number of nitrogens with zero attached hydrogens (tertiary/aromatic N) is 2. The van der Waals surface area contributed by atoms with Gasteiger partial charge in [0.2, 0.25) is 0 Å². The molecule has 0 saturated carbocycles. The zero-order valence-electron chi connectivity index (χ0n) is 13.1. The van der Waals surface area contributed by atoms with Crippen LogP contribution in [0.3, 0.4) is 0 Å². The van der Waals surface area contributed by atoms with Gasteiger partial charge in [0.15, 0.2) is 11.5 Å². The fraction of sp³-hybridized carbons (Fsp3) is 0.467. The average molecular weight is 307 g/mol. The van der Waals surface area contributed by atoms with Gasteiger partial charge < -0.3 is 14.8 Å². The molecule has 2 rings (SSSR count). The van der Waals surface area contributed by atoms with E-state index in [4.69, 9.17) is 9.47 Å². The fourth-order valence-corrected chi connectivity index (χ4v) is 3.22. The van der Waals surface area contributed by atoms with Crippen molar-refractivity contribution in [2.45, 2.75) is 33.4 Å². The van der Waals surface area contributed by atoms with Crippen LogP contribution in [0.2, 0.25) is 0 Å². The zero-order chi connectivity index (χ0) is 15.4. The van der Waals surface area contributed by atoms with Gasteiger partial charge in [-0.3, -0.25) is 4.98 Å². The third-order valence-electron chi connectivity index (χ3n) is 3.27. The SMILES string of the molecule is COc1ccnc(CNC(C)c2sc(C)nc2C)c1OC. The summed E-state index contributed by atoms with van der Waals surface area (Å²) in [5.74, 6) is 1.37. The van der Waals surface area contributed by atoms with Gasteiger partial charge in [0.1, 0.15) is 0 Å². The molecule has 1 N–H and O–H groups in total. The molecule has 0 aliphatic carbocycles. The first kappa shape index (κ1) is 15.7. The maximum absolute atomic E-state index is 5.40. The summed E-state index contributed by atoms with van der Waals surface area (Å²) in [4.78, 5) is 10.1. The van der Waals surface area contributed by atoms with Crippen LogP contribution in [-0.2, 0) is 6.54 Å². The highest BCUT2D eigenvalue weighted by molar-refractivity contribution is 7.11. The summed E-state index contributed by atoms with van der Waals surface area (Å²) >= 11 is 1.73. The van der Waals surface area contributed by atoms with Gasteiger partial charge in [0.05, 0.1) is 30.6 Å². The summed E-state index contributed by atoms with van der Waals surface area (Å²) in [6.45, 7) is 6.81. The molecule has 0 aliphatic rings. The average Bonchev–Trinajstić information content (AvgIpc) is 2.82. The van der Waals surface area contributed by atoms with Gasteiger partial charge in [-0.05, 0) is 20.8 Å². The molecule has 2 aromatic rings. The Kier molecular flexibility index (Phi) is 5.14. The van der Waals surface area contributed by atoms with Crippen LogP contribution in [-0.4, -0.2) is 24.2 Å². The van der Waals surface area contributed by atoms with Crippen molar-refractivity contribution in [3.63, 3.8) is 0 Å². The molecule has 114 valence electrons. The Balaban J connectivity index is 2.11. The number of nitrogens with one attached hydrogen (secondary N) is 1. The van der Waals surface area contributed by atoms with E-state index in [1.165, 1.54) is 4.88 Å². The Morgan fingerprint density at radius 3 is 2.62 bits per heavy atom. The minimum Gasteiger partial charge on any atom is -0.493 e. The second-order valence-corrected chi connectivity index (χ2v) is 6.01. The van der Waals surface area contributed by atoms with E-state index in [0.717, 1.165) is 16.4 Å². The summed E-state index contributed by atoms with van der Waals surface area (Å²) < 4.78 is 10.7. The number of methoxy groups -OCH3 is 2. The first-order valence-corrected chi connectivity index (χ1v) is 7.61. The highest BCUT2D eigenvalue weighted by Crippen LogP contribution is 2.30. The van der Waals surface area contributed by atoms with Crippen LogP contribution < -0.4 is 14.8 Å². The number of aryl methyl sites for hydroxylation is 2. The van der Waals surface area contributed by atoms with Crippen molar-refractivity contribution in [2.24, 2.45) is 0 Å². The maximum atomic E-state index is 5.40. The largest absolute Gasteiger partial charge is 0.493 e. The van der Waals surface area contributed by atoms with Crippen molar-refractivity contribution in [1.82, 2.24) is 15.3 Å². The minimum absolute atomic E-state index is 0.217. The monoisotopic (exact) mass is 307 g/mol. The van der Waals surface area contributed by atoms with Crippen molar-refractivity contribution in [3.8, 4) is 11.5 Å². The van der Waals surface area contributed by atoms with Gasteiger partial charge in [-0.15, -0.1) is 11.3 Å². The molecule has 2 heterocycles. The molecular formula is C15H21N3O2S. The molecule has 6 heteroatoms. The summed E-state index contributed by atoms with van der Waals surface area (Å²) in [7, 11) is 3.25. The molecular weight excluding hydrogens is 286 g/mol. The van der Waals surface area contributed by atoms with Crippen molar-refractivity contribution in [2.75, 3.05) is 14.2 Å². The van der Waals surface area contributed by atoms with Crippen LogP contribution >= 0.6 is 11.3 Å². The van der Waals surface area contributed by atoms with E-state index in [-0.39, 0.29) is 6.04 Å². The van der Waals surface area contributed by atoms with Crippen LogP contribution in [0.4, 0.5) is 0 Å². The Hall–Kier alpha value is -1.66. The molecule has 0 spiro atoms.